The summed E-state index contributed by atoms with van der Waals surface area (Å²) < 4.78 is 38.5. The molecule has 0 N–H and O–H groups in total. The molecule has 2 saturated heterocycles. The van der Waals surface area contributed by atoms with Crippen molar-refractivity contribution in [1.29, 1.82) is 0 Å². The first kappa shape index (κ1) is 25.6. The van der Waals surface area contributed by atoms with Crippen LogP contribution in [0.3, 0.4) is 0 Å². The Balaban J connectivity index is 1.53. The third-order valence-corrected chi connectivity index (χ3v) is 8.26. The van der Waals surface area contributed by atoms with Gasteiger partial charge in [-0.3, -0.25) is 9.59 Å². The summed E-state index contributed by atoms with van der Waals surface area (Å²) in [6.07, 6.45) is -0.262. The van der Waals surface area contributed by atoms with Crippen LogP contribution in [0.15, 0.2) is 29.2 Å². The number of hydrogen-bond donors (Lipinski definition) is 0. The molecule has 0 aromatic heterocycles. The number of piperidine rings is 1. The lowest BCUT2D eigenvalue weighted by Crippen LogP contribution is -2.51. The lowest BCUT2D eigenvalue weighted by atomic mass is 9.98. The Labute approximate surface area is 197 Å². The van der Waals surface area contributed by atoms with Crippen molar-refractivity contribution in [2.45, 2.75) is 76.6 Å². The van der Waals surface area contributed by atoms with Crippen molar-refractivity contribution in [2.24, 2.45) is 5.92 Å². The first-order valence-corrected chi connectivity index (χ1v) is 13.2. The van der Waals surface area contributed by atoms with E-state index in [-0.39, 0.29) is 36.1 Å². The summed E-state index contributed by atoms with van der Waals surface area (Å²) in [5.74, 6) is -0.760. The van der Waals surface area contributed by atoms with E-state index in [0.717, 1.165) is 5.56 Å². The SMILES string of the molecule is CC1CN(C(=O)C(C)OC(=O)C2CCN(S(=O)(=O)c3ccc(C(C)C)cc3)CC2)CC(C)O1. The van der Waals surface area contributed by atoms with Gasteiger partial charge in [0.2, 0.25) is 10.0 Å². The van der Waals surface area contributed by atoms with E-state index in [0.29, 0.717) is 31.8 Å². The summed E-state index contributed by atoms with van der Waals surface area (Å²) in [4.78, 5) is 27.3. The van der Waals surface area contributed by atoms with Crippen LogP contribution in [0.2, 0.25) is 0 Å². The molecular formula is C24H36N2O6S. The second kappa shape index (κ2) is 10.5. The van der Waals surface area contributed by atoms with Gasteiger partial charge in [0.15, 0.2) is 6.10 Å². The van der Waals surface area contributed by atoms with Gasteiger partial charge in [0, 0.05) is 26.2 Å². The van der Waals surface area contributed by atoms with E-state index in [1.165, 1.54) is 4.31 Å². The topological polar surface area (TPSA) is 93.2 Å². The number of carbonyl (C=O) groups excluding carboxylic acids is 2. The van der Waals surface area contributed by atoms with Gasteiger partial charge in [-0.1, -0.05) is 26.0 Å². The van der Waals surface area contributed by atoms with E-state index in [1.54, 1.807) is 24.0 Å². The number of morpholine rings is 1. The predicted octanol–water partition coefficient (Wildman–Crippen LogP) is 2.78. The highest BCUT2D eigenvalue weighted by Gasteiger charge is 2.35. The minimum Gasteiger partial charge on any atom is -0.452 e. The maximum absolute atomic E-state index is 13.0. The molecule has 1 amide bonds. The fraction of sp³-hybridized carbons (Fsp3) is 0.667. The molecule has 0 saturated carbocycles. The van der Waals surface area contributed by atoms with Crippen LogP contribution in [0.25, 0.3) is 0 Å². The summed E-state index contributed by atoms with van der Waals surface area (Å²) in [6, 6.07) is 6.98. The molecule has 2 aliphatic heterocycles. The van der Waals surface area contributed by atoms with Gasteiger partial charge in [0.05, 0.1) is 23.0 Å². The molecule has 8 nitrogen and oxygen atoms in total. The first-order valence-electron chi connectivity index (χ1n) is 11.7. The highest BCUT2D eigenvalue weighted by Crippen LogP contribution is 2.26. The number of ether oxygens (including phenoxy) is 2. The molecule has 2 aliphatic rings. The smallest absolute Gasteiger partial charge is 0.309 e. The van der Waals surface area contributed by atoms with Crippen LogP contribution in [0.4, 0.5) is 0 Å². The van der Waals surface area contributed by atoms with Crippen molar-refractivity contribution < 1.29 is 27.5 Å². The number of hydrogen-bond acceptors (Lipinski definition) is 6. The summed E-state index contributed by atoms with van der Waals surface area (Å²) >= 11 is 0. The second-order valence-corrected chi connectivity index (χ2v) is 11.4. The van der Waals surface area contributed by atoms with Crippen molar-refractivity contribution in [2.75, 3.05) is 26.2 Å². The van der Waals surface area contributed by atoms with Crippen molar-refractivity contribution in [3.8, 4) is 0 Å². The Morgan fingerprint density at radius 1 is 1.00 bits per heavy atom. The lowest BCUT2D eigenvalue weighted by Gasteiger charge is -2.36. The molecule has 1 aromatic carbocycles. The van der Waals surface area contributed by atoms with Crippen LogP contribution in [0.5, 0.6) is 0 Å². The summed E-state index contributed by atoms with van der Waals surface area (Å²) in [7, 11) is -3.61. The fourth-order valence-electron chi connectivity index (χ4n) is 4.44. The van der Waals surface area contributed by atoms with E-state index in [2.05, 4.69) is 13.8 Å². The number of rotatable bonds is 6. The largest absolute Gasteiger partial charge is 0.452 e. The van der Waals surface area contributed by atoms with E-state index in [4.69, 9.17) is 9.47 Å². The fourth-order valence-corrected chi connectivity index (χ4v) is 5.91. The van der Waals surface area contributed by atoms with Gasteiger partial charge >= 0.3 is 5.97 Å². The third-order valence-electron chi connectivity index (χ3n) is 6.34. The van der Waals surface area contributed by atoms with Crippen LogP contribution in [0.1, 0.15) is 58.9 Å². The minimum absolute atomic E-state index is 0.0616. The predicted molar refractivity (Wildman–Crippen MR) is 124 cm³/mol. The van der Waals surface area contributed by atoms with E-state index in [9.17, 15) is 18.0 Å². The summed E-state index contributed by atoms with van der Waals surface area (Å²) in [5, 5.41) is 0. The number of carbonyl (C=O) groups is 2. The van der Waals surface area contributed by atoms with E-state index < -0.39 is 28.0 Å². The molecule has 0 radical (unpaired) electrons. The Bertz CT molecular complexity index is 928. The summed E-state index contributed by atoms with van der Waals surface area (Å²) in [5.41, 5.74) is 1.08. The maximum Gasteiger partial charge on any atom is 0.309 e. The van der Waals surface area contributed by atoms with Crippen molar-refractivity contribution in [3.63, 3.8) is 0 Å². The first-order chi connectivity index (χ1) is 15.5. The number of esters is 1. The van der Waals surface area contributed by atoms with Gasteiger partial charge < -0.3 is 14.4 Å². The zero-order chi connectivity index (χ0) is 24.3. The third kappa shape index (κ3) is 6.13. The molecule has 9 heteroatoms. The molecular weight excluding hydrogens is 444 g/mol. The molecule has 0 bridgehead atoms. The molecule has 3 unspecified atom stereocenters. The molecule has 3 atom stereocenters. The molecule has 1 aromatic rings. The van der Waals surface area contributed by atoms with Gasteiger partial charge in [0.25, 0.3) is 5.91 Å². The highest BCUT2D eigenvalue weighted by atomic mass is 32.2. The van der Waals surface area contributed by atoms with Gasteiger partial charge in [-0.25, -0.2) is 8.42 Å². The Hall–Kier alpha value is -1.97. The molecule has 184 valence electrons. The molecule has 2 heterocycles. The van der Waals surface area contributed by atoms with Crippen LogP contribution in [-0.4, -0.2) is 74.0 Å². The number of sulfonamides is 1. The Morgan fingerprint density at radius 3 is 2.06 bits per heavy atom. The lowest BCUT2D eigenvalue weighted by molar-refractivity contribution is -0.167. The van der Waals surface area contributed by atoms with Gasteiger partial charge in [-0.15, -0.1) is 0 Å². The average Bonchev–Trinajstić information content (AvgIpc) is 2.78. The number of benzene rings is 1. The van der Waals surface area contributed by atoms with E-state index >= 15 is 0 Å². The zero-order valence-corrected chi connectivity index (χ0v) is 21.0. The average molecular weight is 481 g/mol. The van der Waals surface area contributed by atoms with Crippen LogP contribution < -0.4 is 0 Å². The van der Waals surface area contributed by atoms with Crippen molar-refractivity contribution >= 4 is 21.9 Å². The van der Waals surface area contributed by atoms with E-state index in [1.807, 2.05) is 26.0 Å². The number of nitrogens with zero attached hydrogens (tertiary/aromatic N) is 2. The molecule has 0 aliphatic carbocycles. The van der Waals surface area contributed by atoms with Gasteiger partial charge in [-0.05, 0) is 57.2 Å². The standard InChI is InChI=1S/C24H36N2O6S/c1-16(2)20-6-8-22(9-7-20)33(29,30)26-12-10-21(11-13-26)24(28)32-19(5)23(27)25-14-17(3)31-18(4)15-25/h6-9,16-19,21H,10-15H2,1-5H3. The quantitative estimate of drug-likeness (QED) is 0.582. The molecule has 33 heavy (non-hydrogen) atoms. The normalized spacial score (nSPS) is 24.0. The minimum atomic E-state index is -3.61. The summed E-state index contributed by atoms with van der Waals surface area (Å²) in [6.45, 7) is 11.0. The highest BCUT2D eigenvalue weighted by molar-refractivity contribution is 7.89. The maximum atomic E-state index is 13.0. The zero-order valence-electron chi connectivity index (χ0n) is 20.2. The molecule has 3 rings (SSSR count). The Kier molecular flexibility index (Phi) is 8.18. The Morgan fingerprint density at radius 2 is 1.55 bits per heavy atom. The van der Waals surface area contributed by atoms with Crippen LogP contribution >= 0.6 is 0 Å². The number of amides is 1. The monoisotopic (exact) mass is 480 g/mol. The van der Waals surface area contributed by atoms with Crippen molar-refractivity contribution in [1.82, 2.24) is 9.21 Å². The van der Waals surface area contributed by atoms with Gasteiger partial charge in [0.1, 0.15) is 0 Å². The van der Waals surface area contributed by atoms with Crippen molar-refractivity contribution in [3.05, 3.63) is 29.8 Å². The molecule has 2 fully saturated rings. The second-order valence-electron chi connectivity index (χ2n) is 9.48. The van der Waals surface area contributed by atoms with Crippen LogP contribution in [-0.2, 0) is 29.1 Å². The molecule has 0 spiro atoms. The van der Waals surface area contributed by atoms with Gasteiger partial charge in [-0.2, -0.15) is 4.31 Å². The van der Waals surface area contributed by atoms with Crippen LogP contribution in [0, 0.1) is 5.92 Å².